The molecule has 2 unspecified atom stereocenters. The Morgan fingerprint density at radius 3 is 2.69 bits per heavy atom. The maximum Gasteiger partial charge on any atom is 0.319 e. The predicted molar refractivity (Wildman–Crippen MR) is 63.8 cm³/mol. The molecule has 94 valence electrons. The maximum absolute atomic E-state index is 11.2. The lowest BCUT2D eigenvalue weighted by atomic mass is 9.96. The molecular formula is C11H20O4S. The third-order valence-corrected chi connectivity index (χ3v) is 4.27. The molecule has 0 bridgehead atoms. The van der Waals surface area contributed by atoms with E-state index in [0.717, 1.165) is 12.2 Å². The third kappa shape index (κ3) is 3.64. The van der Waals surface area contributed by atoms with Crippen LogP contribution in [0.5, 0.6) is 0 Å². The standard InChI is InChI=1S/C11H20O4S/c1-8(2)15-7-9(12)6-11(10(13)14)4-3-5-16-11/h8-9,12H,3-7H2,1-2H3,(H,13,14). The Balaban J connectivity index is 2.46. The van der Waals surface area contributed by atoms with Crippen molar-refractivity contribution in [2.24, 2.45) is 0 Å². The van der Waals surface area contributed by atoms with Gasteiger partial charge < -0.3 is 14.9 Å². The van der Waals surface area contributed by atoms with E-state index in [1.807, 2.05) is 13.8 Å². The van der Waals surface area contributed by atoms with E-state index in [9.17, 15) is 15.0 Å². The van der Waals surface area contributed by atoms with E-state index in [1.165, 1.54) is 11.8 Å². The van der Waals surface area contributed by atoms with E-state index in [2.05, 4.69) is 0 Å². The van der Waals surface area contributed by atoms with E-state index in [1.54, 1.807) is 0 Å². The number of aliphatic carboxylic acids is 1. The molecule has 4 nitrogen and oxygen atoms in total. The number of hydrogen-bond donors (Lipinski definition) is 2. The molecule has 0 aromatic rings. The highest BCUT2D eigenvalue weighted by Crippen LogP contribution is 2.42. The Morgan fingerprint density at radius 1 is 1.56 bits per heavy atom. The molecular weight excluding hydrogens is 228 g/mol. The Hall–Kier alpha value is -0.260. The number of hydrogen-bond acceptors (Lipinski definition) is 4. The van der Waals surface area contributed by atoms with Crippen LogP contribution >= 0.6 is 11.8 Å². The molecule has 1 aliphatic heterocycles. The zero-order valence-electron chi connectivity index (χ0n) is 9.81. The van der Waals surface area contributed by atoms with Crippen LogP contribution in [-0.2, 0) is 9.53 Å². The monoisotopic (exact) mass is 248 g/mol. The van der Waals surface area contributed by atoms with Gasteiger partial charge in [0.05, 0.1) is 18.8 Å². The van der Waals surface area contributed by atoms with Crippen LogP contribution in [0.3, 0.4) is 0 Å². The van der Waals surface area contributed by atoms with Crippen molar-refractivity contribution in [3.05, 3.63) is 0 Å². The first kappa shape index (κ1) is 13.8. The van der Waals surface area contributed by atoms with Gasteiger partial charge in [-0.05, 0) is 32.4 Å². The summed E-state index contributed by atoms with van der Waals surface area (Å²) in [5, 5.41) is 19.0. The van der Waals surface area contributed by atoms with Crippen molar-refractivity contribution in [3.8, 4) is 0 Å². The number of carboxylic acids is 1. The second-order valence-corrected chi connectivity index (χ2v) is 5.97. The SMILES string of the molecule is CC(C)OCC(O)CC1(C(=O)O)CCCS1. The Bertz CT molecular complexity index is 236. The molecule has 1 rings (SSSR count). The summed E-state index contributed by atoms with van der Waals surface area (Å²) in [6.45, 7) is 4.00. The van der Waals surface area contributed by atoms with Crippen LogP contribution in [0.25, 0.3) is 0 Å². The molecule has 1 aliphatic rings. The van der Waals surface area contributed by atoms with E-state index in [0.29, 0.717) is 6.42 Å². The largest absolute Gasteiger partial charge is 0.480 e. The Labute approximate surface area is 100 Å². The lowest BCUT2D eigenvalue weighted by Gasteiger charge is -2.26. The smallest absolute Gasteiger partial charge is 0.319 e. The zero-order valence-corrected chi connectivity index (χ0v) is 10.6. The van der Waals surface area contributed by atoms with E-state index < -0.39 is 16.8 Å². The van der Waals surface area contributed by atoms with Crippen molar-refractivity contribution in [2.45, 2.75) is 50.1 Å². The van der Waals surface area contributed by atoms with Gasteiger partial charge in [-0.25, -0.2) is 0 Å². The van der Waals surface area contributed by atoms with Crippen molar-refractivity contribution in [2.75, 3.05) is 12.4 Å². The van der Waals surface area contributed by atoms with Crippen molar-refractivity contribution in [3.63, 3.8) is 0 Å². The molecule has 2 N–H and O–H groups in total. The number of rotatable bonds is 6. The van der Waals surface area contributed by atoms with Crippen LogP contribution in [0, 0.1) is 0 Å². The molecule has 0 aromatic heterocycles. The lowest BCUT2D eigenvalue weighted by Crippen LogP contribution is -2.38. The van der Waals surface area contributed by atoms with Crippen LogP contribution < -0.4 is 0 Å². The second kappa shape index (κ2) is 5.89. The van der Waals surface area contributed by atoms with Gasteiger partial charge in [-0.15, -0.1) is 11.8 Å². The second-order valence-electron chi connectivity index (χ2n) is 4.49. The molecule has 0 aliphatic carbocycles. The van der Waals surface area contributed by atoms with Gasteiger partial charge in [-0.1, -0.05) is 0 Å². The number of aliphatic hydroxyl groups excluding tert-OH is 1. The van der Waals surface area contributed by atoms with Crippen molar-refractivity contribution in [1.29, 1.82) is 0 Å². The van der Waals surface area contributed by atoms with Crippen molar-refractivity contribution in [1.82, 2.24) is 0 Å². The number of thioether (sulfide) groups is 1. The summed E-state index contributed by atoms with van der Waals surface area (Å²) in [5.74, 6) is 0.0583. The molecule has 0 saturated carbocycles. The average Bonchev–Trinajstić information content (AvgIpc) is 2.64. The molecule has 1 heterocycles. The summed E-state index contributed by atoms with van der Waals surface area (Å²) in [4.78, 5) is 11.2. The number of carboxylic acid groups (broad SMARTS) is 1. The van der Waals surface area contributed by atoms with Crippen LogP contribution in [-0.4, -0.2) is 45.5 Å². The van der Waals surface area contributed by atoms with Gasteiger partial charge in [0.2, 0.25) is 0 Å². The summed E-state index contributed by atoms with van der Waals surface area (Å²) in [6.07, 6.45) is 1.20. The number of carbonyl (C=O) groups is 1. The van der Waals surface area contributed by atoms with Gasteiger partial charge in [0.15, 0.2) is 0 Å². The van der Waals surface area contributed by atoms with Crippen molar-refractivity contribution < 1.29 is 19.7 Å². The lowest BCUT2D eigenvalue weighted by molar-refractivity contribution is -0.141. The normalized spacial score (nSPS) is 27.2. The average molecular weight is 248 g/mol. The van der Waals surface area contributed by atoms with Crippen LogP contribution in [0.15, 0.2) is 0 Å². The Morgan fingerprint density at radius 2 is 2.25 bits per heavy atom. The van der Waals surface area contributed by atoms with Gasteiger partial charge in [0, 0.05) is 6.42 Å². The highest BCUT2D eigenvalue weighted by molar-refractivity contribution is 8.01. The fraction of sp³-hybridized carbons (Fsp3) is 0.909. The fourth-order valence-corrected chi connectivity index (χ4v) is 3.26. The van der Waals surface area contributed by atoms with Crippen LogP contribution in [0.4, 0.5) is 0 Å². The summed E-state index contributed by atoms with van der Waals surface area (Å²) in [5.41, 5.74) is 0. The molecule has 0 spiro atoms. The molecule has 0 radical (unpaired) electrons. The van der Waals surface area contributed by atoms with E-state index >= 15 is 0 Å². The molecule has 1 saturated heterocycles. The zero-order chi connectivity index (χ0) is 12.2. The quantitative estimate of drug-likeness (QED) is 0.746. The minimum Gasteiger partial charge on any atom is -0.480 e. The molecule has 5 heteroatoms. The minimum atomic E-state index is -0.807. The fourth-order valence-electron chi connectivity index (χ4n) is 1.86. The minimum absolute atomic E-state index is 0.0617. The van der Waals surface area contributed by atoms with Crippen molar-refractivity contribution >= 4 is 17.7 Å². The molecule has 0 aromatic carbocycles. The topological polar surface area (TPSA) is 66.8 Å². The number of ether oxygens (including phenoxy) is 1. The molecule has 1 fully saturated rings. The van der Waals surface area contributed by atoms with Gasteiger partial charge in [0.25, 0.3) is 0 Å². The summed E-state index contributed by atoms with van der Waals surface area (Å²) in [6, 6.07) is 0. The van der Waals surface area contributed by atoms with E-state index in [-0.39, 0.29) is 19.1 Å². The first-order chi connectivity index (χ1) is 7.46. The Kier molecular flexibility index (Phi) is 5.08. The van der Waals surface area contributed by atoms with Gasteiger partial charge in [-0.3, -0.25) is 4.79 Å². The molecule has 0 amide bonds. The van der Waals surface area contributed by atoms with Gasteiger partial charge in [-0.2, -0.15) is 0 Å². The van der Waals surface area contributed by atoms with Crippen LogP contribution in [0.2, 0.25) is 0 Å². The molecule has 2 atom stereocenters. The maximum atomic E-state index is 11.2. The van der Waals surface area contributed by atoms with Gasteiger partial charge in [0.1, 0.15) is 4.75 Å². The van der Waals surface area contributed by atoms with E-state index in [4.69, 9.17) is 4.74 Å². The van der Waals surface area contributed by atoms with Gasteiger partial charge >= 0.3 is 5.97 Å². The predicted octanol–water partition coefficient (Wildman–Crippen LogP) is 1.51. The van der Waals surface area contributed by atoms with Crippen LogP contribution in [0.1, 0.15) is 33.1 Å². The third-order valence-electron chi connectivity index (χ3n) is 2.68. The number of aliphatic hydroxyl groups is 1. The highest BCUT2D eigenvalue weighted by Gasteiger charge is 2.43. The highest BCUT2D eigenvalue weighted by atomic mass is 32.2. The first-order valence-corrected chi connectivity index (χ1v) is 6.62. The summed E-state index contributed by atoms with van der Waals surface area (Å²) in [7, 11) is 0. The first-order valence-electron chi connectivity index (χ1n) is 5.63. The molecule has 16 heavy (non-hydrogen) atoms. The summed E-state index contributed by atoms with van der Waals surface area (Å²) >= 11 is 1.45. The summed E-state index contributed by atoms with van der Waals surface area (Å²) < 4.78 is 4.49.